The maximum Gasteiger partial charge on any atom is 0.237 e. The zero-order valence-electron chi connectivity index (χ0n) is 18.0. The van der Waals surface area contributed by atoms with Crippen molar-refractivity contribution < 1.29 is 13.2 Å². The average molecular weight is 442 g/mol. The van der Waals surface area contributed by atoms with Gasteiger partial charge in [0.1, 0.15) is 0 Å². The number of nitrogens with zero attached hydrogens (tertiary/aromatic N) is 1. The van der Waals surface area contributed by atoms with Gasteiger partial charge in [0.2, 0.25) is 15.9 Å². The number of carbonyl (C=O) groups excluding carboxylic acids is 1. The van der Waals surface area contributed by atoms with Gasteiger partial charge in [0, 0.05) is 24.5 Å². The summed E-state index contributed by atoms with van der Waals surface area (Å²) in [5.74, 6) is 0.173. The van der Waals surface area contributed by atoms with Gasteiger partial charge < -0.3 is 5.32 Å². The second-order valence-electron chi connectivity index (χ2n) is 8.87. The summed E-state index contributed by atoms with van der Waals surface area (Å²) in [4.78, 5) is 14.2. The first-order chi connectivity index (χ1) is 14.9. The van der Waals surface area contributed by atoms with Crippen molar-refractivity contribution in [3.8, 4) is 0 Å². The van der Waals surface area contributed by atoms with Gasteiger partial charge in [-0.05, 0) is 49.0 Å². The largest absolute Gasteiger partial charge is 0.311 e. The molecule has 1 heterocycles. The zero-order valence-corrected chi connectivity index (χ0v) is 18.8. The van der Waals surface area contributed by atoms with E-state index >= 15 is 0 Å². The molecule has 0 bridgehead atoms. The van der Waals surface area contributed by atoms with Crippen molar-refractivity contribution in [1.82, 2.24) is 14.9 Å². The van der Waals surface area contributed by atoms with Crippen LogP contribution in [-0.2, 0) is 27.8 Å². The predicted octanol–water partition coefficient (Wildman–Crippen LogP) is 2.42. The van der Waals surface area contributed by atoms with E-state index < -0.39 is 15.9 Å². The first-order valence-corrected chi connectivity index (χ1v) is 12.9. The quantitative estimate of drug-likeness (QED) is 0.658. The predicted molar refractivity (Wildman–Crippen MR) is 122 cm³/mol. The Hall–Kier alpha value is -2.22. The van der Waals surface area contributed by atoms with Gasteiger partial charge in [0.05, 0.1) is 12.7 Å². The van der Waals surface area contributed by atoms with Crippen LogP contribution >= 0.6 is 0 Å². The van der Waals surface area contributed by atoms with E-state index in [0.29, 0.717) is 18.0 Å². The molecule has 7 heteroatoms. The fourth-order valence-electron chi connectivity index (χ4n) is 4.46. The molecular weight excluding hydrogens is 410 g/mol. The molecule has 0 radical (unpaired) electrons. The molecule has 2 aromatic carbocycles. The van der Waals surface area contributed by atoms with Gasteiger partial charge in [-0.15, -0.1) is 0 Å². The lowest BCUT2D eigenvalue weighted by atomic mass is 10.0. The molecule has 1 aliphatic heterocycles. The monoisotopic (exact) mass is 441 g/mol. The minimum atomic E-state index is -3.51. The van der Waals surface area contributed by atoms with Crippen LogP contribution in [0.3, 0.4) is 0 Å². The minimum Gasteiger partial charge on any atom is -0.311 e. The molecule has 6 nitrogen and oxygen atoms in total. The lowest BCUT2D eigenvalue weighted by molar-refractivity contribution is -0.118. The van der Waals surface area contributed by atoms with Crippen LogP contribution in [0.2, 0.25) is 0 Å². The molecule has 1 saturated carbocycles. The third-order valence-corrected chi connectivity index (χ3v) is 6.75. The number of hydrogen-bond donors (Lipinski definition) is 2. The summed E-state index contributed by atoms with van der Waals surface area (Å²) in [6.45, 7) is 3.07. The molecule has 1 aliphatic carbocycles. The molecule has 2 fully saturated rings. The lowest BCUT2D eigenvalue weighted by Crippen LogP contribution is -2.43. The molecule has 4 rings (SSSR count). The smallest absolute Gasteiger partial charge is 0.237 e. The van der Waals surface area contributed by atoms with Crippen LogP contribution in [-0.4, -0.2) is 50.7 Å². The fourth-order valence-corrected chi connectivity index (χ4v) is 4.94. The number of nitrogens with one attached hydrogen (secondary N) is 2. The molecule has 2 aromatic rings. The highest BCUT2D eigenvalue weighted by Crippen LogP contribution is 2.41. The summed E-state index contributed by atoms with van der Waals surface area (Å²) in [6.07, 6.45) is 4.64. The SMILES string of the molecule is CS(=O)(=O)NC(=O)Cc1ccc(CN2CCC(N[C@@H]3C[C@H]3c3ccccc3)CC2)cc1. The van der Waals surface area contributed by atoms with E-state index in [1.807, 2.05) is 29.0 Å². The van der Waals surface area contributed by atoms with Crippen LogP contribution in [0.5, 0.6) is 0 Å². The van der Waals surface area contributed by atoms with Crippen molar-refractivity contribution in [1.29, 1.82) is 0 Å². The van der Waals surface area contributed by atoms with E-state index in [2.05, 4.69) is 40.5 Å². The second kappa shape index (κ2) is 9.51. The number of likely N-dealkylation sites (tertiary alicyclic amines) is 1. The maximum atomic E-state index is 11.7. The summed E-state index contributed by atoms with van der Waals surface area (Å²) < 4.78 is 24.3. The van der Waals surface area contributed by atoms with Crippen LogP contribution in [0.1, 0.15) is 41.9 Å². The average Bonchev–Trinajstić information content (AvgIpc) is 3.49. The van der Waals surface area contributed by atoms with Gasteiger partial charge in [-0.3, -0.25) is 14.4 Å². The minimum absolute atomic E-state index is 0.0650. The molecule has 166 valence electrons. The zero-order chi connectivity index (χ0) is 21.8. The summed E-state index contributed by atoms with van der Waals surface area (Å²) in [5, 5.41) is 3.86. The third kappa shape index (κ3) is 6.63. The molecule has 1 saturated heterocycles. The van der Waals surface area contributed by atoms with E-state index in [4.69, 9.17) is 0 Å². The number of amides is 1. The second-order valence-corrected chi connectivity index (χ2v) is 10.6. The molecule has 2 aliphatic rings. The molecule has 2 atom stereocenters. The standard InChI is InChI=1S/C24H31N3O3S/c1-31(29,30)26-24(28)15-18-7-9-19(10-8-18)17-27-13-11-21(12-14-27)25-23-16-22(23)20-5-3-2-4-6-20/h2-10,21-23,25H,11-17H2,1H3,(H,26,28)/t22-,23+/m0/s1. The first-order valence-electron chi connectivity index (χ1n) is 11.0. The summed E-state index contributed by atoms with van der Waals surface area (Å²) in [5.41, 5.74) is 3.48. The van der Waals surface area contributed by atoms with Gasteiger partial charge in [0.15, 0.2) is 0 Å². The van der Waals surface area contributed by atoms with Crippen LogP contribution in [0.4, 0.5) is 0 Å². The van der Waals surface area contributed by atoms with Gasteiger partial charge in [-0.2, -0.15) is 0 Å². The number of sulfonamides is 1. The number of benzene rings is 2. The first kappa shape index (κ1) is 22.0. The number of piperidine rings is 1. The highest BCUT2D eigenvalue weighted by Gasteiger charge is 2.39. The Morgan fingerprint density at radius 3 is 2.29 bits per heavy atom. The van der Waals surface area contributed by atoms with Crippen LogP contribution in [0, 0.1) is 0 Å². The van der Waals surface area contributed by atoms with Gasteiger partial charge in [0.25, 0.3) is 0 Å². The van der Waals surface area contributed by atoms with Crippen molar-refractivity contribution in [2.24, 2.45) is 0 Å². The lowest BCUT2D eigenvalue weighted by Gasteiger charge is -2.32. The highest BCUT2D eigenvalue weighted by molar-refractivity contribution is 7.89. The Bertz CT molecular complexity index is 984. The van der Waals surface area contributed by atoms with E-state index in [1.165, 1.54) is 30.4 Å². The van der Waals surface area contributed by atoms with Gasteiger partial charge in [-0.25, -0.2) is 8.42 Å². The normalized spacial score (nSPS) is 22.2. The molecule has 0 spiro atoms. The van der Waals surface area contributed by atoms with E-state index in [9.17, 15) is 13.2 Å². The third-order valence-electron chi connectivity index (χ3n) is 6.15. The van der Waals surface area contributed by atoms with Gasteiger partial charge in [-0.1, -0.05) is 54.6 Å². The molecule has 0 unspecified atom stereocenters. The number of rotatable bonds is 8. The molecule has 1 amide bonds. The summed E-state index contributed by atoms with van der Waals surface area (Å²) >= 11 is 0. The topological polar surface area (TPSA) is 78.5 Å². The number of hydrogen-bond acceptors (Lipinski definition) is 5. The fraction of sp³-hybridized carbons (Fsp3) is 0.458. The molecule has 31 heavy (non-hydrogen) atoms. The van der Waals surface area contributed by atoms with Crippen LogP contribution in [0.25, 0.3) is 0 Å². The summed E-state index contributed by atoms with van der Waals surface area (Å²) in [6, 6.07) is 19.9. The number of carbonyl (C=O) groups is 1. The molecular formula is C24H31N3O3S. The Morgan fingerprint density at radius 1 is 1.00 bits per heavy atom. The van der Waals surface area contributed by atoms with Crippen molar-refractivity contribution in [3.05, 3.63) is 71.3 Å². The Morgan fingerprint density at radius 2 is 1.65 bits per heavy atom. The van der Waals surface area contributed by atoms with Crippen molar-refractivity contribution in [2.45, 2.75) is 50.2 Å². The van der Waals surface area contributed by atoms with Crippen LogP contribution < -0.4 is 10.0 Å². The van der Waals surface area contributed by atoms with Crippen molar-refractivity contribution in [3.63, 3.8) is 0 Å². The Labute approximate surface area is 185 Å². The van der Waals surface area contributed by atoms with E-state index in [-0.39, 0.29) is 6.42 Å². The Balaban J connectivity index is 1.18. The molecule has 0 aromatic heterocycles. The Kier molecular flexibility index (Phi) is 6.74. The summed E-state index contributed by atoms with van der Waals surface area (Å²) in [7, 11) is -3.51. The molecule has 2 N–H and O–H groups in total. The van der Waals surface area contributed by atoms with Gasteiger partial charge >= 0.3 is 0 Å². The maximum absolute atomic E-state index is 11.7. The van der Waals surface area contributed by atoms with E-state index in [0.717, 1.165) is 31.5 Å². The van der Waals surface area contributed by atoms with E-state index in [1.54, 1.807) is 0 Å². The van der Waals surface area contributed by atoms with Crippen LogP contribution in [0.15, 0.2) is 54.6 Å². The highest BCUT2D eigenvalue weighted by atomic mass is 32.2. The van der Waals surface area contributed by atoms with Crippen molar-refractivity contribution >= 4 is 15.9 Å². The van der Waals surface area contributed by atoms with Crippen molar-refractivity contribution in [2.75, 3.05) is 19.3 Å².